The summed E-state index contributed by atoms with van der Waals surface area (Å²) in [6.45, 7) is 4.02. The number of pyridine rings is 2. The van der Waals surface area contributed by atoms with Gasteiger partial charge in [-0.25, -0.2) is 4.98 Å². The van der Waals surface area contributed by atoms with Gasteiger partial charge in [0.2, 0.25) is 5.91 Å². The lowest BCUT2D eigenvalue weighted by Gasteiger charge is -2.14. The Morgan fingerprint density at radius 3 is 2.81 bits per heavy atom. The van der Waals surface area contributed by atoms with Crippen molar-refractivity contribution in [2.75, 3.05) is 5.32 Å². The third-order valence-corrected chi connectivity index (χ3v) is 5.57. The van der Waals surface area contributed by atoms with Crippen molar-refractivity contribution in [2.45, 2.75) is 20.3 Å². The Bertz CT molecular complexity index is 1120. The van der Waals surface area contributed by atoms with Crippen LogP contribution in [0, 0.1) is 37.0 Å². The van der Waals surface area contributed by atoms with Crippen molar-refractivity contribution in [3.63, 3.8) is 0 Å². The summed E-state index contributed by atoms with van der Waals surface area (Å²) in [6.07, 6.45) is 5.89. The van der Waals surface area contributed by atoms with Crippen molar-refractivity contribution in [1.29, 1.82) is 5.26 Å². The number of hydrogen-bond donors (Lipinski definition) is 1. The molecule has 1 fully saturated rings. The van der Waals surface area contributed by atoms with Crippen LogP contribution in [-0.2, 0) is 4.79 Å². The van der Waals surface area contributed by atoms with Crippen LogP contribution in [0.15, 0.2) is 36.8 Å². The molecule has 1 aromatic carbocycles. The average Bonchev–Trinajstić information content (AvgIpc) is 3.45. The highest BCUT2D eigenvalue weighted by atomic mass is 35.5. The fourth-order valence-corrected chi connectivity index (χ4v) is 3.56. The van der Waals surface area contributed by atoms with Gasteiger partial charge < -0.3 is 5.32 Å². The van der Waals surface area contributed by atoms with Crippen LogP contribution in [0.25, 0.3) is 21.9 Å². The van der Waals surface area contributed by atoms with E-state index in [9.17, 15) is 4.79 Å². The molecule has 4 rings (SSSR count). The van der Waals surface area contributed by atoms with Gasteiger partial charge in [0, 0.05) is 29.5 Å². The number of anilines is 1. The number of carbonyl (C=O) groups excluding carboxylic acids is 1. The first kappa shape index (κ1) is 17.4. The van der Waals surface area contributed by atoms with Crippen LogP contribution in [0.5, 0.6) is 0 Å². The molecule has 0 saturated heterocycles. The van der Waals surface area contributed by atoms with Crippen LogP contribution in [0.1, 0.15) is 17.5 Å². The van der Waals surface area contributed by atoms with Crippen LogP contribution < -0.4 is 5.32 Å². The topological polar surface area (TPSA) is 78.7 Å². The minimum atomic E-state index is -0.234. The lowest BCUT2D eigenvalue weighted by Crippen LogP contribution is -2.15. The molecule has 0 radical (unpaired) electrons. The predicted molar refractivity (Wildman–Crippen MR) is 105 cm³/mol. The van der Waals surface area contributed by atoms with Gasteiger partial charge in [0.1, 0.15) is 5.82 Å². The summed E-state index contributed by atoms with van der Waals surface area (Å²) in [5.74, 6) is -0.106. The van der Waals surface area contributed by atoms with Gasteiger partial charge in [-0.1, -0.05) is 11.6 Å². The maximum Gasteiger partial charge on any atom is 0.230 e. The van der Waals surface area contributed by atoms with Crippen molar-refractivity contribution in [3.05, 3.63) is 52.9 Å². The van der Waals surface area contributed by atoms with Gasteiger partial charge in [0.15, 0.2) is 0 Å². The minimum Gasteiger partial charge on any atom is -0.310 e. The van der Waals surface area contributed by atoms with E-state index < -0.39 is 0 Å². The molecule has 134 valence electrons. The molecular weight excluding hydrogens is 360 g/mol. The van der Waals surface area contributed by atoms with E-state index in [1.807, 2.05) is 38.2 Å². The number of aromatic nitrogens is 2. The predicted octanol–water partition coefficient (Wildman–Crippen LogP) is 4.67. The molecule has 2 aromatic heterocycles. The van der Waals surface area contributed by atoms with Crippen molar-refractivity contribution in [3.8, 4) is 17.2 Å². The summed E-state index contributed by atoms with van der Waals surface area (Å²) in [6, 6.07) is 7.96. The third-order valence-electron chi connectivity index (χ3n) is 5.08. The highest BCUT2D eigenvalue weighted by Crippen LogP contribution is 2.39. The van der Waals surface area contributed by atoms with E-state index in [2.05, 4.69) is 21.4 Å². The van der Waals surface area contributed by atoms with Gasteiger partial charge in [-0.05, 0) is 60.5 Å². The molecular formula is C21H17ClN4O. The first-order chi connectivity index (χ1) is 13.0. The maximum atomic E-state index is 12.2. The van der Waals surface area contributed by atoms with Crippen molar-refractivity contribution >= 4 is 34.1 Å². The van der Waals surface area contributed by atoms with E-state index in [1.165, 1.54) is 0 Å². The third kappa shape index (κ3) is 3.13. The molecule has 1 aliphatic rings. The Hall–Kier alpha value is -2.97. The highest BCUT2D eigenvalue weighted by molar-refractivity contribution is 6.36. The number of benzene rings is 1. The van der Waals surface area contributed by atoms with E-state index in [1.54, 1.807) is 12.4 Å². The second-order valence-electron chi connectivity index (χ2n) is 6.91. The van der Waals surface area contributed by atoms with E-state index >= 15 is 0 Å². The molecule has 1 N–H and O–H groups in total. The lowest BCUT2D eigenvalue weighted by atomic mass is 9.95. The first-order valence-electron chi connectivity index (χ1n) is 8.70. The van der Waals surface area contributed by atoms with E-state index in [0.717, 1.165) is 33.0 Å². The fourth-order valence-electron chi connectivity index (χ4n) is 3.30. The minimum absolute atomic E-state index is 0.157. The second-order valence-corrected chi connectivity index (χ2v) is 7.29. The number of nitrogens with zero attached hydrogens (tertiary/aromatic N) is 3. The number of halogens is 1. The number of aryl methyl sites for hydroxylation is 1. The normalized spacial score (nSPS) is 18.1. The summed E-state index contributed by atoms with van der Waals surface area (Å²) in [5.41, 5.74) is 4.11. The zero-order valence-electron chi connectivity index (χ0n) is 15.0. The molecule has 1 aliphatic carbocycles. The van der Waals surface area contributed by atoms with Crippen molar-refractivity contribution < 1.29 is 4.79 Å². The average molecular weight is 377 g/mol. The zero-order chi connectivity index (χ0) is 19.1. The van der Waals surface area contributed by atoms with Crippen LogP contribution in [0.2, 0.25) is 5.02 Å². The van der Waals surface area contributed by atoms with Crippen molar-refractivity contribution in [1.82, 2.24) is 9.97 Å². The highest BCUT2D eigenvalue weighted by Gasteiger charge is 2.43. The number of hydrogen-bond acceptors (Lipinski definition) is 4. The van der Waals surface area contributed by atoms with Gasteiger partial charge >= 0.3 is 0 Å². The summed E-state index contributed by atoms with van der Waals surface area (Å²) in [4.78, 5) is 20.7. The molecule has 0 aliphatic heterocycles. The van der Waals surface area contributed by atoms with Crippen molar-refractivity contribution in [2.24, 2.45) is 11.8 Å². The molecule has 1 saturated carbocycles. The van der Waals surface area contributed by atoms with Gasteiger partial charge in [-0.3, -0.25) is 9.78 Å². The number of rotatable bonds is 3. The van der Waals surface area contributed by atoms with E-state index in [0.29, 0.717) is 17.3 Å². The van der Waals surface area contributed by atoms with E-state index in [4.69, 9.17) is 16.9 Å². The quantitative estimate of drug-likeness (QED) is 0.720. The molecule has 3 aromatic rings. The molecule has 2 heterocycles. The maximum absolute atomic E-state index is 12.2. The lowest BCUT2D eigenvalue weighted by molar-refractivity contribution is -0.117. The zero-order valence-corrected chi connectivity index (χ0v) is 15.7. The number of fused-ring (bicyclic) bond motifs is 1. The molecule has 27 heavy (non-hydrogen) atoms. The Labute approximate surface area is 162 Å². The Kier molecular flexibility index (Phi) is 4.29. The SMILES string of the molecule is Cc1ccncc1-c1cc2cc(NC(=O)[C@@H]3CC3C#N)ncc2c(Cl)c1C. The molecule has 2 atom stereocenters. The largest absolute Gasteiger partial charge is 0.310 e. The van der Waals surface area contributed by atoms with Crippen LogP contribution >= 0.6 is 11.6 Å². The molecule has 1 amide bonds. The monoisotopic (exact) mass is 376 g/mol. The number of nitrogens with one attached hydrogen (secondary N) is 1. The summed E-state index contributed by atoms with van der Waals surface area (Å²) < 4.78 is 0. The van der Waals surface area contributed by atoms with Crippen LogP contribution in [-0.4, -0.2) is 15.9 Å². The molecule has 1 unspecified atom stereocenters. The summed E-state index contributed by atoms with van der Waals surface area (Å²) in [7, 11) is 0. The Morgan fingerprint density at radius 1 is 1.30 bits per heavy atom. The number of carbonyl (C=O) groups is 1. The number of amides is 1. The van der Waals surface area contributed by atoms with Gasteiger partial charge in [-0.2, -0.15) is 5.26 Å². The Morgan fingerprint density at radius 2 is 2.11 bits per heavy atom. The molecule has 5 nitrogen and oxygen atoms in total. The van der Waals surface area contributed by atoms with Gasteiger partial charge in [0.05, 0.1) is 22.9 Å². The molecule has 6 heteroatoms. The fraction of sp³-hybridized carbons (Fsp3) is 0.238. The summed E-state index contributed by atoms with van der Waals surface area (Å²) >= 11 is 6.61. The van der Waals surface area contributed by atoms with E-state index in [-0.39, 0.29) is 17.7 Å². The first-order valence-corrected chi connectivity index (χ1v) is 9.07. The molecule has 0 bridgehead atoms. The van der Waals surface area contributed by atoms with Gasteiger partial charge in [0.25, 0.3) is 0 Å². The standard InChI is InChI=1S/C21H17ClN4O/c1-11-3-4-24-9-17(11)15-5-13-7-19(25-10-18(13)20(22)12(15)2)26-21(27)16-6-14(16)8-23/h3-5,7,9-10,14,16H,6H2,1-2H3,(H,25,26,27)/t14?,16-/m1/s1. The Balaban J connectivity index is 1.75. The number of nitriles is 1. The second kappa shape index (κ2) is 6.64. The van der Waals surface area contributed by atoms with Gasteiger partial charge in [-0.15, -0.1) is 0 Å². The van der Waals surface area contributed by atoms with Crippen LogP contribution in [0.3, 0.4) is 0 Å². The summed E-state index contributed by atoms with van der Waals surface area (Å²) in [5, 5.41) is 14.1. The smallest absolute Gasteiger partial charge is 0.230 e. The molecule has 0 spiro atoms. The van der Waals surface area contributed by atoms with Crippen LogP contribution in [0.4, 0.5) is 5.82 Å².